The first-order valence-corrected chi connectivity index (χ1v) is 16.9. The van der Waals surface area contributed by atoms with Crippen LogP contribution in [0.1, 0.15) is 13.8 Å². The van der Waals surface area contributed by atoms with Crippen molar-refractivity contribution in [3.63, 3.8) is 0 Å². The molecule has 2 heterocycles. The lowest BCUT2D eigenvalue weighted by atomic mass is 9.95. The molecule has 0 N–H and O–H groups in total. The minimum atomic E-state index is -0.949. The first-order valence-electron chi connectivity index (χ1n) is 11.1. The number of hydrogen-bond donors (Lipinski definition) is 1. The monoisotopic (exact) mass is 478 g/mol. The lowest BCUT2D eigenvalue weighted by Gasteiger charge is -2.29. The van der Waals surface area contributed by atoms with Crippen molar-refractivity contribution in [1.29, 1.82) is 0 Å². The van der Waals surface area contributed by atoms with Gasteiger partial charge in [0.1, 0.15) is 0 Å². The average molecular weight is 479 g/mol. The highest BCUT2D eigenvalue weighted by molar-refractivity contribution is 8.33. The average Bonchev–Trinajstić information content (AvgIpc) is 3.20. The predicted molar refractivity (Wildman–Crippen MR) is 153 cm³/mol. The molecular formula is C29H34S3. The van der Waals surface area contributed by atoms with Crippen LogP contribution in [0.15, 0.2) is 92.4 Å². The van der Waals surface area contributed by atoms with Gasteiger partial charge in [-0.1, -0.05) is 56.3 Å². The van der Waals surface area contributed by atoms with Gasteiger partial charge in [0, 0.05) is 25.1 Å². The highest BCUT2D eigenvalue weighted by atomic mass is 32.3. The van der Waals surface area contributed by atoms with Crippen molar-refractivity contribution in [3.8, 4) is 22.3 Å². The van der Waals surface area contributed by atoms with Crippen molar-refractivity contribution in [2.45, 2.75) is 33.4 Å². The predicted octanol–water partition coefficient (Wildman–Crippen LogP) is 9.34. The second kappa shape index (κ2) is 8.52. The van der Waals surface area contributed by atoms with Crippen molar-refractivity contribution in [2.24, 2.45) is 0 Å². The molecule has 4 aromatic carbocycles. The molecule has 0 spiro atoms. The number of benzene rings is 4. The van der Waals surface area contributed by atoms with E-state index in [1.54, 1.807) is 16.0 Å². The maximum atomic E-state index is 3.53. The van der Waals surface area contributed by atoms with Crippen molar-refractivity contribution in [2.75, 3.05) is 31.3 Å². The van der Waals surface area contributed by atoms with Gasteiger partial charge in [0.05, 0.1) is 0 Å². The van der Waals surface area contributed by atoms with Crippen LogP contribution in [0.5, 0.6) is 0 Å². The van der Waals surface area contributed by atoms with Crippen molar-refractivity contribution in [1.82, 2.24) is 0 Å². The summed E-state index contributed by atoms with van der Waals surface area (Å²) in [5.74, 6) is 0. The molecule has 0 aliphatic carbocycles. The van der Waals surface area contributed by atoms with Crippen LogP contribution in [-0.4, -0.2) is 31.3 Å². The van der Waals surface area contributed by atoms with Gasteiger partial charge < -0.3 is 0 Å². The molecular weight excluding hydrogens is 445 g/mol. The zero-order valence-electron chi connectivity index (χ0n) is 20.2. The summed E-state index contributed by atoms with van der Waals surface area (Å²) in [5.41, 5.74) is 5.82. The molecule has 0 fully saturated rings. The Morgan fingerprint density at radius 2 is 1.06 bits per heavy atom. The molecule has 2 aliphatic rings. The van der Waals surface area contributed by atoms with Crippen molar-refractivity contribution < 1.29 is 0 Å². The molecule has 0 atom stereocenters. The molecule has 6 rings (SSSR count). The van der Waals surface area contributed by atoms with E-state index in [9.17, 15) is 0 Å². The summed E-state index contributed by atoms with van der Waals surface area (Å²) < 4.78 is 0. The number of fused-ring (bicyclic) bond motifs is 8. The molecule has 0 nitrogen and oxygen atoms in total. The second-order valence-corrected chi connectivity index (χ2v) is 15.7. The van der Waals surface area contributed by atoms with Crippen LogP contribution in [0.3, 0.4) is 0 Å². The van der Waals surface area contributed by atoms with Gasteiger partial charge in [0.2, 0.25) is 0 Å². The second-order valence-electron chi connectivity index (χ2n) is 8.65. The summed E-state index contributed by atoms with van der Waals surface area (Å²) in [5, 5.41) is 2.81. The van der Waals surface area contributed by atoms with E-state index in [0.717, 1.165) is 0 Å². The Kier molecular flexibility index (Phi) is 6.21. The Morgan fingerprint density at radius 1 is 0.531 bits per heavy atom. The van der Waals surface area contributed by atoms with Gasteiger partial charge in [0.25, 0.3) is 0 Å². The molecule has 168 valence electrons. The van der Waals surface area contributed by atoms with Crippen molar-refractivity contribution in [3.05, 3.63) is 72.8 Å². The van der Waals surface area contributed by atoms with Gasteiger partial charge in [-0.05, 0) is 89.1 Å². The van der Waals surface area contributed by atoms with Gasteiger partial charge in [0.15, 0.2) is 0 Å². The summed E-state index contributed by atoms with van der Waals surface area (Å²) in [6.07, 6.45) is 11.5. The minimum Gasteiger partial charge on any atom is -0.192 e. The lowest BCUT2D eigenvalue weighted by Crippen LogP contribution is -1.94. The Labute approximate surface area is 202 Å². The van der Waals surface area contributed by atoms with E-state index in [0.29, 0.717) is 0 Å². The zero-order valence-corrected chi connectivity index (χ0v) is 22.7. The largest absolute Gasteiger partial charge is 0.192 e. The van der Waals surface area contributed by atoms with E-state index >= 15 is 0 Å². The van der Waals surface area contributed by atoms with E-state index in [2.05, 4.69) is 110 Å². The van der Waals surface area contributed by atoms with Crippen LogP contribution in [0.25, 0.3) is 33.0 Å². The summed E-state index contributed by atoms with van der Waals surface area (Å²) in [6.45, 7) is 4.00. The molecule has 0 unspecified atom stereocenters. The highest BCUT2D eigenvalue weighted by Gasteiger charge is 2.35. The Bertz CT molecular complexity index is 1310. The van der Waals surface area contributed by atoms with E-state index < -0.39 is 20.1 Å². The summed E-state index contributed by atoms with van der Waals surface area (Å²) in [4.78, 5) is 6.14. The Balaban J connectivity index is 0.000000582. The number of hydrogen-bond acceptors (Lipinski definition) is 1. The fourth-order valence-corrected chi connectivity index (χ4v) is 10.2. The first kappa shape index (κ1) is 23.4. The molecule has 0 saturated carbocycles. The van der Waals surface area contributed by atoms with Crippen LogP contribution >= 0.6 is 32.7 Å². The van der Waals surface area contributed by atoms with Crippen LogP contribution in [0, 0.1) is 0 Å². The van der Waals surface area contributed by atoms with Crippen LogP contribution in [-0.2, 0) is 0 Å². The summed E-state index contributed by atoms with van der Waals surface area (Å²) >= 11 is 3.53. The maximum Gasteiger partial charge on any atom is 0.00299 e. The fraction of sp³-hybridized carbons (Fsp3) is 0.241. The van der Waals surface area contributed by atoms with Crippen LogP contribution < -0.4 is 0 Å². The SMILES string of the molecule is CC.CS.CS1(C)c2ccccc2-c2cc3c4c(ccc3cc21)S(C)(C)c1ccccc1-4. The standard InChI is InChI=1S/C26H24S2.C2H6.CH4S/c1-27(2)23-12-8-6-10-19(23)26-20-16-21-18-9-5-7-11-22(18)28(3,4)25(21)15-17(20)13-14-24(26)27;2*1-2/h5-16H,1-4H3;1-2H3;2H,1H3. The van der Waals surface area contributed by atoms with Crippen molar-refractivity contribution >= 4 is 43.5 Å². The van der Waals surface area contributed by atoms with E-state index in [-0.39, 0.29) is 0 Å². The maximum absolute atomic E-state index is 3.53. The fourth-order valence-electron chi connectivity index (χ4n) is 5.16. The Hall–Kier alpha value is -1.81. The molecule has 32 heavy (non-hydrogen) atoms. The van der Waals surface area contributed by atoms with Crippen LogP contribution in [0.2, 0.25) is 0 Å². The van der Waals surface area contributed by atoms with Gasteiger partial charge >= 0.3 is 0 Å². The van der Waals surface area contributed by atoms with Crippen LogP contribution in [0.4, 0.5) is 0 Å². The molecule has 0 radical (unpaired) electrons. The van der Waals surface area contributed by atoms with Gasteiger partial charge in [-0.2, -0.15) is 32.7 Å². The number of thiol groups is 1. The molecule has 0 saturated heterocycles. The Morgan fingerprint density at radius 3 is 1.72 bits per heavy atom. The minimum absolute atomic E-state index is 0.949. The first-order chi connectivity index (χ1) is 15.4. The molecule has 3 heteroatoms. The van der Waals surface area contributed by atoms with E-state index in [1.165, 1.54) is 42.8 Å². The molecule has 0 aromatic heterocycles. The lowest BCUT2D eigenvalue weighted by molar-refractivity contribution is 1.45. The van der Waals surface area contributed by atoms with E-state index in [1.807, 2.05) is 13.8 Å². The smallest absolute Gasteiger partial charge is 0.00299 e. The third-order valence-corrected chi connectivity index (χ3v) is 12.4. The zero-order chi connectivity index (χ0) is 23.3. The molecule has 2 aliphatic heterocycles. The topological polar surface area (TPSA) is 0 Å². The molecule has 4 aromatic rings. The summed E-state index contributed by atoms with van der Waals surface area (Å²) in [6, 6.07) is 27.8. The quantitative estimate of drug-likeness (QED) is 0.239. The molecule has 0 bridgehead atoms. The highest BCUT2D eigenvalue weighted by Crippen LogP contribution is 2.70. The third-order valence-electron chi connectivity index (χ3n) is 6.61. The van der Waals surface area contributed by atoms with E-state index in [4.69, 9.17) is 0 Å². The summed E-state index contributed by atoms with van der Waals surface area (Å²) in [7, 11) is -1.90. The van der Waals surface area contributed by atoms with Gasteiger partial charge in [-0.25, -0.2) is 0 Å². The normalized spacial score (nSPS) is 17.4. The third kappa shape index (κ3) is 3.16. The number of rotatable bonds is 0. The molecule has 0 amide bonds. The van der Waals surface area contributed by atoms with Gasteiger partial charge in [-0.3, -0.25) is 0 Å². The van der Waals surface area contributed by atoms with Gasteiger partial charge in [-0.15, -0.1) is 0 Å².